The van der Waals surface area contributed by atoms with Gasteiger partial charge in [-0.1, -0.05) is 13.8 Å². The van der Waals surface area contributed by atoms with Crippen molar-refractivity contribution in [3.63, 3.8) is 0 Å². The Kier molecular flexibility index (Phi) is 6.69. The quantitative estimate of drug-likeness (QED) is 0.375. The van der Waals surface area contributed by atoms with Gasteiger partial charge in [-0.2, -0.15) is 9.98 Å². The van der Waals surface area contributed by atoms with E-state index in [0.717, 1.165) is 6.42 Å². The second-order valence-electron chi connectivity index (χ2n) is 5.04. The number of aliphatic imine (C=N–C) groups is 3. The number of rotatable bonds is 8. The average molecular weight is 251 g/mol. The summed E-state index contributed by atoms with van der Waals surface area (Å²) in [5.41, 5.74) is -1.32. The van der Waals surface area contributed by atoms with Gasteiger partial charge in [0.1, 0.15) is 0 Å². The number of nitrogens with zero attached hydrogens (tertiary/aromatic N) is 3. The Balaban J connectivity index is 4.64. The fourth-order valence-electron chi connectivity index (χ4n) is 1.98. The Hall–Kier alpha value is -1.86. The van der Waals surface area contributed by atoms with E-state index in [2.05, 4.69) is 15.0 Å². The van der Waals surface area contributed by atoms with Gasteiger partial charge in [-0.3, -0.25) is 0 Å². The summed E-state index contributed by atoms with van der Waals surface area (Å²) in [6.45, 7) is 5.93. The van der Waals surface area contributed by atoms with Gasteiger partial charge < -0.3 is 0 Å². The monoisotopic (exact) mass is 251 g/mol. The zero-order valence-corrected chi connectivity index (χ0v) is 10.9. The van der Waals surface area contributed by atoms with Gasteiger partial charge in [0.05, 0.1) is 6.54 Å². The van der Waals surface area contributed by atoms with Crippen LogP contribution in [0.4, 0.5) is 0 Å². The van der Waals surface area contributed by atoms with Gasteiger partial charge in [0.2, 0.25) is 18.2 Å². The highest BCUT2D eigenvalue weighted by molar-refractivity contribution is 5.38. The molecule has 0 unspecified atom stereocenters. The Morgan fingerprint density at radius 2 is 1.50 bits per heavy atom. The van der Waals surface area contributed by atoms with E-state index in [1.165, 1.54) is 18.2 Å². The van der Waals surface area contributed by atoms with Crippen molar-refractivity contribution < 1.29 is 14.4 Å². The highest BCUT2D eigenvalue weighted by atomic mass is 16.1. The third-order valence-corrected chi connectivity index (χ3v) is 2.57. The first kappa shape index (κ1) is 16.1. The summed E-state index contributed by atoms with van der Waals surface area (Å²) in [7, 11) is 0. The zero-order chi connectivity index (χ0) is 14.1. The van der Waals surface area contributed by atoms with Crippen LogP contribution in [-0.4, -0.2) is 30.4 Å². The van der Waals surface area contributed by atoms with Crippen molar-refractivity contribution in [3.05, 3.63) is 0 Å². The predicted molar refractivity (Wildman–Crippen MR) is 65.3 cm³/mol. The van der Waals surface area contributed by atoms with Crippen molar-refractivity contribution in [2.24, 2.45) is 20.4 Å². The minimum absolute atomic E-state index is 0.201. The van der Waals surface area contributed by atoms with E-state index in [4.69, 9.17) is 0 Å². The van der Waals surface area contributed by atoms with E-state index in [0.29, 0.717) is 19.4 Å². The molecule has 0 saturated heterocycles. The lowest BCUT2D eigenvalue weighted by Crippen LogP contribution is -2.28. The SMILES string of the molecule is CC(C)(CCCN=C=O)CC(C)(N=C=O)N=C=O. The standard InChI is InChI=1S/C12H17N3O3/c1-11(2,5-4-6-13-8-16)7-12(3,14-9-17)15-10-18/h4-7H2,1-3H3. The Morgan fingerprint density at radius 1 is 0.944 bits per heavy atom. The van der Waals surface area contributed by atoms with Gasteiger partial charge >= 0.3 is 0 Å². The van der Waals surface area contributed by atoms with Crippen LogP contribution in [0.3, 0.4) is 0 Å². The van der Waals surface area contributed by atoms with Crippen LogP contribution in [0.15, 0.2) is 15.0 Å². The number of isocyanates is 3. The normalized spacial score (nSPS) is 13.5. The summed E-state index contributed by atoms with van der Waals surface area (Å²) in [6, 6.07) is 0. The molecule has 0 rings (SSSR count). The smallest absolute Gasteiger partial charge is 0.211 e. The molecule has 0 aromatic rings. The van der Waals surface area contributed by atoms with Crippen LogP contribution < -0.4 is 0 Å². The fraction of sp³-hybridized carbons (Fsp3) is 0.750. The largest absolute Gasteiger partial charge is 0.237 e. The Labute approximate surface area is 106 Å². The molecule has 0 atom stereocenters. The third-order valence-electron chi connectivity index (χ3n) is 2.57. The van der Waals surface area contributed by atoms with Crippen LogP contribution in [0.1, 0.15) is 40.0 Å². The van der Waals surface area contributed by atoms with Gasteiger partial charge in [0, 0.05) is 0 Å². The molecule has 98 valence electrons. The van der Waals surface area contributed by atoms with Crippen LogP contribution in [-0.2, 0) is 14.4 Å². The molecule has 0 N–H and O–H groups in total. The second-order valence-corrected chi connectivity index (χ2v) is 5.04. The summed E-state index contributed by atoms with van der Waals surface area (Å²) < 4.78 is 0. The van der Waals surface area contributed by atoms with E-state index >= 15 is 0 Å². The van der Waals surface area contributed by atoms with Crippen molar-refractivity contribution in [1.29, 1.82) is 0 Å². The van der Waals surface area contributed by atoms with E-state index < -0.39 is 5.66 Å². The van der Waals surface area contributed by atoms with Gasteiger partial charge in [0.15, 0.2) is 5.66 Å². The Morgan fingerprint density at radius 3 is 1.94 bits per heavy atom. The number of carbonyl (C=O) groups excluding carboxylic acids is 3. The molecule has 0 aliphatic heterocycles. The predicted octanol–water partition coefficient (Wildman–Crippen LogP) is 1.91. The molecule has 0 aromatic heterocycles. The average Bonchev–Trinajstić information content (AvgIpc) is 2.24. The molecule has 6 heteroatoms. The van der Waals surface area contributed by atoms with E-state index in [1.54, 1.807) is 6.92 Å². The molecule has 0 aliphatic rings. The van der Waals surface area contributed by atoms with Crippen LogP contribution in [0.25, 0.3) is 0 Å². The molecule has 0 saturated carbocycles. The van der Waals surface area contributed by atoms with Crippen LogP contribution in [0.2, 0.25) is 0 Å². The molecule has 0 fully saturated rings. The maximum absolute atomic E-state index is 10.3. The molecular weight excluding hydrogens is 234 g/mol. The third kappa shape index (κ3) is 6.66. The summed E-state index contributed by atoms with van der Waals surface area (Å²) in [6.07, 6.45) is 6.22. The molecular formula is C12H17N3O3. The molecule has 0 radical (unpaired) electrons. The Bertz CT molecular complexity index is 394. The number of hydrogen-bond donors (Lipinski definition) is 0. The molecule has 0 amide bonds. The van der Waals surface area contributed by atoms with Crippen molar-refractivity contribution in [2.45, 2.75) is 45.7 Å². The maximum atomic E-state index is 10.3. The minimum atomic E-state index is -1.12. The molecule has 0 spiro atoms. The van der Waals surface area contributed by atoms with Gasteiger partial charge in [0.25, 0.3) is 0 Å². The van der Waals surface area contributed by atoms with Crippen molar-refractivity contribution in [3.8, 4) is 0 Å². The highest BCUT2D eigenvalue weighted by Gasteiger charge is 2.32. The fourth-order valence-corrected chi connectivity index (χ4v) is 1.98. The molecule has 18 heavy (non-hydrogen) atoms. The first-order valence-electron chi connectivity index (χ1n) is 5.61. The summed E-state index contributed by atoms with van der Waals surface area (Å²) in [5, 5.41) is 0. The molecule has 6 nitrogen and oxygen atoms in total. The maximum Gasteiger partial charge on any atom is 0.237 e. The van der Waals surface area contributed by atoms with Crippen LogP contribution >= 0.6 is 0 Å². The van der Waals surface area contributed by atoms with Crippen LogP contribution in [0, 0.1) is 5.41 Å². The van der Waals surface area contributed by atoms with E-state index in [9.17, 15) is 14.4 Å². The minimum Gasteiger partial charge on any atom is -0.211 e. The summed E-state index contributed by atoms with van der Waals surface area (Å²) >= 11 is 0. The highest BCUT2D eigenvalue weighted by Crippen LogP contribution is 2.34. The lowest BCUT2D eigenvalue weighted by molar-refractivity contribution is 0.232. The van der Waals surface area contributed by atoms with E-state index in [1.807, 2.05) is 13.8 Å². The lowest BCUT2D eigenvalue weighted by atomic mass is 9.80. The van der Waals surface area contributed by atoms with E-state index in [-0.39, 0.29) is 5.41 Å². The summed E-state index contributed by atoms with van der Waals surface area (Å²) in [4.78, 5) is 41.2. The lowest BCUT2D eigenvalue weighted by Gasteiger charge is -2.30. The van der Waals surface area contributed by atoms with Crippen molar-refractivity contribution in [2.75, 3.05) is 6.54 Å². The van der Waals surface area contributed by atoms with Crippen molar-refractivity contribution in [1.82, 2.24) is 0 Å². The van der Waals surface area contributed by atoms with Gasteiger partial charge in [-0.05, 0) is 31.6 Å². The zero-order valence-electron chi connectivity index (χ0n) is 10.9. The first-order valence-corrected chi connectivity index (χ1v) is 5.61. The first-order chi connectivity index (χ1) is 8.39. The molecule has 0 bridgehead atoms. The second kappa shape index (κ2) is 7.46. The van der Waals surface area contributed by atoms with Gasteiger partial charge in [-0.15, -0.1) is 0 Å². The number of hydrogen-bond acceptors (Lipinski definition) is 6. The molecule has 0 aromatic carbocycles. The molecule has 0 heterocycles. The van der Waals surface area contributed by atoms with Crippen LogP contribution in [0.5, 0.6) is 0 Å². The van der Waals surface area contributed by atoms with Gasteiger partial charge in [-0.25, -0.2) is 19.4 Å². The summed E-state index contributed by atoms with van der Waals surface area (Å²) in [5.74, 6) is 0. The van der Waals surface area contributed by atoms with Crippen molar-refractivity contribution >= 4 is 18.2 Å². The topological polar surface area (TPSA) is 88.3 Å². The molecule has 0 aliphatic carbocycles.